The third-order valence-electron chi connectivity index (χ3n) is 2.90. The molecule has 0 bridgehead atoms. The maximum absolute atomic E-state index is 12.8. The molecular weight excluding hydrogens is 323 g/mol. The first-order valence-electron chi connectivity index (χ1n) is 5.75. The average molecular weight is 332 g/mol. The van der Waals surface area contributed by atoms with Crippen LogP contribution in [0.15, 0.2) is 28.9 Å². The van der Waals surface area contributed by atoms with Crippen molar-refractivity contribution in [3.63, 3.8) is 0 Å². The first-order chi connectivity index (χ1) is 8.95. The van der Waals surface area contributed by atoms with Crippen LogP contribution in [0.25, 0.3) is 11.4 Å². The molecule has 1 fully saturated rings. The van der Waals surface area contributed by atoms with Gasteiger partial charge in [0.2, 0.25) is 0 Å². The Labute approximate surface area is 115 Å². The second kappa shape index (κ2) is 4.33. The maximum Gasteiger partial charge on any atom is 0.435 e. The summed E-state index contributed by atoms with van der Waals surface area (Å²) in [6.07, 6.45) is -2.71. The topological polar surface area (TPSA) is 30.7 Å². The number of alkyl halides is 3. The SMILES string of the molecule is FC(F)(F)c1cc(-c2cccc(Br)n2)n(C2CC2)n1. The van der Waals surface area contributed by atoms with E-state index in [9.17, 15) is 13.2 Å². The minimum Gasteiger partial charge on any atom is -0.260 e. The Morgan fingerprint density at radius 1 is 1.26 bits per heavy atom. The number of pyridine rings is 1. The predicted octanol–water partition coefficient (Wildman–Crippen LogP) is 4.06. The molecule has 0 radical (unpaired) electrons. The van der Waals surface area contributed by atoms with E-state index in [1.807, 2.05) is 0 Å². The van der Waals surface area contributed by atoms with E-state index >= 15 is 0 Å². The van der Waals surface area contributed by atoms with Gasteiger partial charge in [-0.2, -0.15) is 18.3 Å². The maximum atomic E-state index is 12.8. The van der Waals surface area contributed by atoms with Crippen molar-refractivity contribution in [3.8, 4) is 11.4 Å². The molecule has 2 aromatic rings. The summed E-state index contributed by atoms with van der Waals surface area (Å²) >= 11 is 3.22. The number of aromatic nitrogens is 3. The summed E-state index contributed by atoms with van der Waals surface area (Å²) in [5.41, 5.74) is 0.0385. The smallest absolute Gasteiger partial charge is 0.260 e. The van der Waals surface area contributed by atoms with E-state index in [0.29, 0.717) is 16.0 Å². The fourth-order valence-electron chi connectivity index (χ4n) is 1.87. The lowest BCUT2D eigenvalue weighted by molar-refractivity contribution is -0.141. The van der Waals surface area contributed by atoms with Crippen molar-refractivity contribution in [2.24, 2.45) is 0 Å². The van der Waals surface area contributed by atoms with Gasteiger partial charge in [-0.05, 0) is 47.0 Å². The van der Waals surface area contributed by atoms with Gasteiger partial charge in [0, 0.05) is 0 Å². The minimum absolute atomic E-state index is 0.0619. The van der Waals surface area contributed by atoms with Crippen molar-refractivity contribution >= 4 is 15.9 Å². The van der Waals surface area contributed by atoms with Crippen LogP contribution in [0.3, 0.4) is 0 Å². The third-order valence-corrected chi connectivity index (χ3v) is 3.34. The molecule has 0 N–H and O–H groups in total. The fraction of sp³-hybridized carbons (Fsp3) is 0.333. The Hall–Kier alpha value is -1.37. The summed E-state index contributed by atoms with van der Waals surface area (Å²) < 4.78 is 40.3. The van der Waals surface area contributed by atoms with Gasteiger partial charge in [0.05, 0.1) is 17.4 Å². The van der Waals surface area contributed by atoms with E-state index in [-0.39, 0.29) is 6.04 Å². The van der Waals surface area contributed by atoms with Gasteiger partial charge in [-0.15, -0.1) is 0 Å². The summed E-state index contributed by atoms with van der Waals surface area (Å²) in [5.74, 6) is 0. The van der Waals surface area contributed by atoms with E-state index in [1.165, 1.54) is 4.68 Å². The Bertz CT molecular complexity index is 617. The molecule has 1 aliphatic rings. The van der Waals surface area contributed by atoms with Crippen LogP contribution in [0.5, 0.6) is 0 Å². The van der Waals surface area contributed by atoms with E-state index in [0.717, 1.165) is 18.9 Å². The van der Waals surface area contributed by atoms with Gasteiger partial charge in [-0.1, -0.05) is 6.07 Å². The number of hydrogen-bond donors (Lipinski definition) is 0. The second-order valence-electron chi connectivity index (χ2n) is 4.43. The minimum atomic E-state index is -4.43. The molecule has 0 atom stereocenters. The summed E-state index contributed by atoms with van der Waals surface area (Å²) in [6, 6.07) is 6.27. The molecule has 0 amide bonds. The van der Waals surface area contributed by atoms with Gasteiger partial charge >= 0.3 is 6.18 Å². The monoisotopic (exact) mass is 331 g/mol. The molecule has 0 saturated heterocycles. The normalized spacial score (nSPS) is 15.8. The molecule has 2 aromatic heterocycles. The van der Waals surface area contributed by atoms with Crippen LogP contribution >= 0.6 is 15.9 Å². The molecule has 1 aliphatic carbocycles. The van der Waals surface area contributed by atoms with Crippen LogP contribution in [0.2, 0.25) is 0 Å². The van der Waals surface area contributed by atoms with Crippen molar-refractivity contribution in [1.82, 2.24) is 14.8 Å². The first-order valence-corrected chi connectivity index (χ1v) is 6.54. The molecule has 0 aromatic carbocycles. The van der Waals surface area contributed by atoms with Crippen molar-refractivity contribution in [2.75, 3.05) is 0 Å². The molecule has 0 unspecified atom stereocenters. The van der Waals surface area contributed by atoms with Crippen LogP contribution in [-0.2, 0) is 6.18 Å². The van der Waals surface area contributed by atoms with Crippen molar-refractivity contribution < 1.29 is 13.2 Å². The first kappa shape index (κ1) is 12.7. The Kier molecular flexibility index (Phi) is 2.88. The largest absolute Gasteiger partial charge is 0.435 e. The van der Waals surface area contributed by atoms with Gasteiger partial charge in [0.25, 0.3) is 0 Å². The van der Waals surface area contributed by atoms with E-state index in [4.69, 9.17) is 0 Å². The predicted molar refractivity (Wildman–Crippen MR) is 66.4 cm³/mol. The molecular formula is C12H9BrF3N3. The number of hydrogen-bond acceptors (Lipinski definition) is 2. The lowest BCUT2D eigenvalue weighted by Crippen LogP contribution is -2.07. The van der Waals surface area contributed by atoms with Crippen LogP contribution in [-0.4, -0.2) is 14.8 Å². The van der Waals surface area contributed by atoms with Crippen LogP contribution in [0.1, 0.15) is 24.6 Å². The van der Waals surface area contributed by atoms with Crippen LogP contribution in [0.4, 0.5) is 13.2 Å². The number of rotatable bonds is 2. The highest BCUT2D eigenvalue weighted by molar-refractivity contribution is 9.10. The van der Waals surface area contributed by atoms with Crippen molar-refractivity contribution in [2.45, 2.75) is 25.1 Å². The standard InChI is InChI=1S/C12H9BrF3N3/c13-11-3-1-2-8(17-11)9-6-10(12(14,15)16)18-19(9)7-4-5-7/h1-3,6-7H,4-5H2. The molecule has 3 nitrogen and oxygen atoms in total. The summed E-state index contributed by atoms with van der Waals surface area (Å²) in [7, 11) is 0. The lowest BCUT2D eigenvalue weighted by Gasteiger charge is -2.05. The molecule has 7 heteroatoms. The fourth-order valence-corrected chi connectivity index (χ4v) is 2.22. The zero-order valence-corrected chi connectivity index (χ0v) is 11.2. The molecule has 19 heavy (non-hydrogen) atoms. The zero-order chi connectivity index (χ0) is 13.6. The van der Waals surface area contributed by atoms with E-state index < -0.39 is 11.9 Å². The van der Waals surface area contributed by atoms with Gasteiger partial charge in [-0.25, -0.2) is 4.98 Å². The Morgan fingerprint density at radius 3 is 2.58 bits per heavy atom. The van der Waals surface area contributed by atoms with Crippen molar-refractivity contribution in [1.29, 1.82) is 0 Å². The summed E-state index contributed by atoms with van der Waals surface area (Å²) in [5, 5.41) is 3.69. The molecule has 0 aliphatic heterocycles. The van der Waals surface area contributed by atoms with Gasteiger partial charge in [-0.3, -0.25) is 4.68 Å². The molecule has 100 valence electrons. The summed E-state index contributed by atoms with van der Waals surface area (Å²) in [6.45, 7) is 0. The highest BCUT2D eigenvalue weighted by atomic mass is 79.9. The molecule has 1 saturated carbocycles. The van der Waals surface area contributed by atoms with Crippen LogP contribution < -0.4 is 0 Å². The number of nitrogens with zero attached hydrogens (tertiary/aromatic N) is 3. The Morgan fingerprint density at radius 2 is 2.00 bits per heavy atom. The zero-order valence-electron chi connectivity index (χ0n) is 9.65. The van der Waals surface area contributed by atoms with Gasteiger partial charge in [0.15, 0.2) is 5.69 Å². The van der Waals surface area contributed by atoms with Gasteiger partial charge < -0.3 is 0 Å². The highest BCUT2D eigenvalue weighted by Gasteiger charge is 2.37. The van der Waals surface area contributed by atoms with Crippen molar-refractivity contribution in [3.05, 3.63) is 34.6 Å². The summed E-state index contributed by atoms with van der Waals surface area (Å²) in [4.78, 5) is 4.20. The quantitative estimate of drug-likeness (QED) is 0.777. The number of halogens is 4. The Balaban J connectivity index is 2.11. The highest BCUT2D eigenvalue weighted by Crippen LogP contribution is 2.40. The van der Waals surface area contributed by atoms with Gasteiger partial charge in [0.1, 0.15) is 4.60 Å². The molecule has 3 rings (SSSR count). The second-order valence-corrected chi connectivity index (χ2v) is 5.25. The van der Waals surface area contributed by atoms with E-state index in [1.54, 1.807) is 18.2 Å². The lowest BCUT2D eigenvalue weighted by atomic mass is 10.2. The molecule has 0 spiro atoms. The average Bonchev–Trinajstić information content (AvgIpc) is 3.06. The molecule has 2 heterocycles. The third kappa shape index (κ3) is 2.51. The van der Waals surface area contributed by atoms with Crippen LogP contribution in [0, 0.1) is 0 Å². The van der Waals surface area contributed by atoms with E-state index in [2.05, 4.69) is 26.0 Å².